The number of hydrogen-bond acceptors (Lipinski definition) is 5. The van der Waals surface area contributed by atoms with E-state index in [2.05, 4.69) is 21.1 Å². The van der Waals surface area contributed by atoms with Gasteiger partial charge in [0.15, 0.2) is 18.2 Å². The minimum Gasteiger partial charge on any atom is -1.00 e. The summed E-state index contributed by atoms with van der Waals surface area (Å²) in [5.74, 6) is 2.29. The molecule has 3 fully saturated rings. The summed E-state index contributed by atoms with van der Waals surface area (Å²) in [5, 5.41) is 16.3. The van der Waals surface area contributed by atoms with Gasteiger partial charge in [0, 0.05) is 23.2 Å². The van der Waals surface area contributed by atoms with Crippen molar-refractivity contribution in [1.82, 2.24) is 10.1 Å². The molecule has 192 valence electrons. The summed E-state index contributed by atoms with van der Waals surface area (Å²) in [4.78, 5) is 4.77. The van der Waals surface area contributed by atoms with Crippen molar-refractivity contribution in [2.75, 3.05) is 19.6 Å². The molecule has 1 aromatic heterocycles. The zero-order chi connectivity index (χ0) is 24.6. The number of quaternary nitrogens is 1. The molecule has 37 heavy (non-hydrogen) atoms. The molecule has 2 bridgehead atoms. The van der Waals surface area contributed by atoms with Gasteiger partial charge in [0.05, 0.1) is 13.1 Å². The van der Waals surface area contributed by atoms with Crippen LogP contribution in [0.25, 0.3) is 0 Å². The largest absolute Gasteiger partial charge is 1.00 e. The first-order valence-electron chi connectivity index (χ1n) is 12.5. The molecular weight excluding hydrogens is 554 g/mol. The lowest BCUT2D eigenvalue weighted by Crippen LogP contribution is -3.00. The lowest BCUT2D eigenvalue weighted by atomic mass is 9.83. The Labute approximate surface area is 231 Å². The first-order valence-corrected chi connectivity index (χ1v) is 13.3. The molecule has 3 aliphatic heterocycles. The standard InChI is InChI=1S/C29H29BrN3O3.ClH/c30-24-12-7-13-25(18-24)35-26-19-33(16-14-21(26)15-17-33)20-27-31-28(32-36-27)29(34,22-8-3-1-4-9-22)23-10-5-2-6-11-23;/h1-13,18,21,26,34H,14-17,19-20H2;1H/q+1;/p-1/t21?,26-,33?;/m0./s1. The fourth-order valence-electron chi connectivity index (χ4n) is 5.83. The molecule has 0 spiro atoms. The number of benzene rings is 3. The van der Waals surface area contributed by atoms with E-state index in [1.807, 2.05) is 84.9 Å². The molecule has 0 amide bonds. The van der Waals surface area contributed by atoms with Gasteiger partial charge < -0.3 is 31.3 Å². The fraction of sp³-hybridized carbons (Fsp3) is 0.310. The monoisotopic (exact) mass is 581 g/mol. The smallest absolute Gasteiger partial charge is 0.282 e. The predicted octanol–water partition coefficient (Wildman–Crippen LogP) is 2.31. The Morgan fingerprint density at radius 1 is 0.946 bits per heavy atom. The number of fused-ring (bicyclic) bond motifs is 3. The van der Waals surface area contributed by atoms with Gasteiger partial charge in [-0.25, -0.2) is 0 Å². The van der Waals surface area contributed by atoms with Crippen LogP contribution in [0.5, 0.6) is 5.75 Å². The van der Waals surface area contributed by atoms with Crippen LogP contribution in [0.15, 0.2) is 93.9 Å². The van der Waals surface area contributed by atoms with Gasteiger partial charge in [-0.15, -0.1) is 0 Å². The number of nitrogens with zero attached hydrogens (tertiary/aromatic N) is 3. The number of hydrogen-bond donors (Lipinski definition) is 1. The summed E-state index contributed by atoms with van der Waals surface area (Å²) in [5.41, 5.74) is -0.0837. The summed E-state index contributed by atoms with van der Waals surface area (Å²) in [7, 11) is 0. The first kappa shape index (κ1) is 25.9. The van der Waals surface area contributed by atoms with Gasteiger partial charge in [0.25, 0.3) is 5.89 Å². The van der Waals surface area contributed by atoms with Crippen LogP contribution in [-0.2, 0) is 12.1 Å². The molecule has 4 aromatic rings. The van der Waals surface area contributed by atoms with E-state index in [1.54, 1.807) is 0 Å². The second-order valence-corrected chi connectivity index (χ2v) is 11.0. The van der Waals surface area contributed by atoms with Gasteiger partial charge in [-0.1, -0.05) is 87.8 Å². The Kier molecular flexibility index (Phi) is 7.41. The number of rotatable bonds is 7. The van der Waals surface area contributed by atoms with Crippen molar-refractivity contribution in [2.45, 2.75) is 31.1 Å². The maximum Gasteiger partial charge on any atom is 0.282 e. The second kappa shape index (κ2) is 10.6. The predicted molar refractivity (Wildman–Crippen MR) is 139 cm³/mol. The number of aliphatic hydroxyl groups is 1. The maximum atomic E-state index is 12.0. The number of ether oxygens (including phenoxy) is 1. The summed E-state index contributed by atoms with van der Waals surface area (Å²) in [6.45, 7) is 3.69. The average molecular weight is 583 g/mol. The summed E-state index contributed by atoms with van der Waals surface area (Å²) < 4.78 is 14.1. The highest BCUT2D eigenvalue weighted by molar-refractivity contribution is 9.10. The zero-order valence-corrected chi connectivity index (χ0v) is 22.7. The molecule has 8 heteroatoms. The lowest BCUT2D eigenvalue weighted by Gasteiger charge is -2.51. The Hall–Kier alpha value is -2.71. The molecule has 1 N–H and O–H groups in total. The van der Waals surface area contributed by atoms with Crippen LogP contribution in [0, 0.1) is 5.92 Å². The highest BCUT2D eigenvalue weighted by Gasteiger charge is 2.48. The normalized spacial score (nSPS) is 22.9. The number of aromatic nitrogens is 2. The van der Waals surface area contributed by atoms with Crippen molar-refractivity contribution in [3.8, 4) is 5.75 Å². The maximum absolute atomic E-state index is 12.0. The van der Waals surface area contributed by atoms with Gasteiger partial charge in [-0.2, -0.15) is 4.98 Å². The molecular formula is C29H29BrClN3O3. The SMILES string of the molecule is OC(c1ccccc1)(c1ccccc1)c1noc(C[N+]23CCC(CC2)[C@@H](Oc2cccc(Br)c2)C3)n1.[Cl-]. The molecule has 3 saturated heterocycles. The van der Waals surface area contributed by atoms with Gasteiger partial charge in [0.2, 0.25) is 5.82 Å². The van der Waals surface area contributed by atoms with E-state index in [0.717, 1.165) is 47.2 Å². The highest BCUT2D eigenvalue weighted by Crippen LogP contribution is 2.39. The number of halogens is 2. The van der Waals surface area contributed by atoms with E-state index in [4.69, 9.17) is 14.2 Å². The summed E-state index contributed by atoms with van der Waals surface area (Å²) >= 11 is 3.54. The van der Waals surface area contributed by atoms with E-state index in [-0.39, 0.29) is 24.3 Å². The molecule has 1 atom stereocenters. The van der Waals surface area contributed by atoms with Gasteiger partial charge in [0.1, 0.15) is 12.3 Å². The molecule has 3 aliphatic rings. The van der Waals surface area contributed by atoms with E-state index in [1.165, 1.54) is 0 Å². The Bertz CT molecular complexity index is 1290. The molecule has 6 nitrogen and oxygen atoms in total. The van der Waals surface area contributed by atoms with Gasteiger partial charge in [-0.3, -0.25) is 0 Å². The van der Waals surface area contributed by atoms with Crippen molar-refractivity contribution < 1.29 is 31.3 Å². The molecule has 7 rings (SSSR count). The molecule has 0 aliphatic carbocycles. The van der Waals surface area contributed by atoms with Crippen LogP contribution < -0.4 is 17.1 Å². The fourth-order valence-corrected chi connectivity index (χ4v) is 6.21. The topological polar surface area (TPSA) is 68.4 Å². The van der Waals surface area contributed by atoms with Gasteiger partial charge >= 0.3 is 0 Å². The van der Waals surface area contributed by atoms with Crippen LogP contribution in [-0.4, -0.2) is 45.5 Å². The third-order valence-corrected chi connectivity index (χ3v) is 8.26. The van der Waals surface area contributed by atoms with E-state index >= 15 is 0 Å². The van der Waals surface area contributed by atoms with E-state index < -0.39 is 5.60 Å². The minimum atomic E-state index is -1.49. The van der Waals surface area contributed by atoms with Crippen molar-refractivity contribution >= 4 is 15.9 Å². The Morgan fingerprint density at radius 3 is 2.22 bits per heavy atom. The minimum absolute atomic E-state index is 0. The Balaban J connectivity index is 0.00000280. The molecule has 3 aromatic carbocycles. The van der Waals surface area contributed by atoms with E-state index in [0.29, 0.717) is 29.5 Å². The molecule has 0 saturated carbocycles. The third kappa shape index (κ3) is 5.06. The quantitative estimate of drug-likeness (QED) is 0.339. The summed E-state index contributed by atoms with van der Waals surface area (Å²) in [6, 6.07) is 27.1. The van der Waals surface area contributed by atoms with E-state index in [9.17, 15) is 5.11 Å². The van der Waals surface area contributed by atoms with Crippen LogP contribution in [0.1, 0.15) is 35.7 Å². The molecule has 0 radical (unpaired) electrons. The second-order valence-electron chi connectivity index (χ2n) is 10.0. The molecule has 0 unspecified atom stereocenters. The van der Waals surface area contributed by atoms with Crippen LogP contribution in [0.2, 0.25) is 0 Å². The van der Waals surface area contributed by atoms with Crippen LogP contribution >= 0.6 is 15.9 Å². The third-order valence-electron chi connectivity index (χ3n) is 7.77. The Morgan fingerprint density at radius 2 is 1.59 bits per heavy atom. The summed E-state index contributed by atoms with van der Waals surface area (Å²) in [6.07, 6.45) is 2.41. The number of piperidine rings is 3. The van der Waals surface area contributed by atoms with Crippen molar-refractivity contribution in [3.63, 3.8) is 0 Å². The van der Waals surface area contributed by atoms with Crippen LogP contribution in [0.4, 0.5) is 0 Å². The highest BCUT2D eigenvalue weighted by atomic mass is 79.9. The van der Waals surface area contributed by atoms with Gasteiger partial charge in [-0.05, 0) is 29.3 Å². The molecule has 4 heterocycles. The zero-order valence-electron chi connectivity index (χ0n) is 20.3. The lowest BCUT2D eigenvalue weighted by molar-refractivity contribution is -0.959. The van der Waals surface area contributed by atoms with Crippen LogP contribution in [0.3, 0.4) is 0 Å². The van der Waals surface area contributed by atoms with Crippen molar-refractivity contribution in [3.05, 3.63) is 112 Å². The first-order chi connectivity index (χ1) is 17.5. The average Bonchev–Trinajstić information content (AvgIpc) is 3.38. The van der Waals surface area contributed by atoms with Crippen molar-refractivity contribution in [2.24, 2.45) is 5.92 Å². The van der Waals surface area contributed by atoms with Crippen molar-refractivity contribution in [1.29, 1.82) is 0 Å².